The van der Waals surface area contributed by atoms with Crippen molar-refractivity contribution < 1.29 is 29.1 Å². The summed E-state index contributed by atoms with van der Waals surface area (Å²) in [6, 6.07) is 6.08. The number of ketones is 1. The van der Waals surface area contributed by atoms with E-state index in [1.807, 2.05) is 30.3 Å². The molecule has 0 aliphatic carbocycles. The molecular formula is C28H40N4O6. The van der Waals surface area contributed by atoms with Crippen molar-refractivity contribution in [3.8, 4) is 0 Å². The van der Waals surface area contributed by atoms with E-state index in [-0.39, 0.29) is 30.4 Å². The van der Waals surface area contributed by atoms with Gasteiger partial charge in [-0.05, 0) is 44.6 Å². The second kappa shape index (κ2) is 14.0. The minimum absolute atomic E-state index is 0.226. The number of benzene rings is 1. The van der Waals surface area contributed by atoms with Crippen molar-refractivity contribution in [1.29, 1.82) is 0 Å². The van der Waals surface area contributed by atoms with Crippen molar-refractivity contribution in [2.75, 3.05) is 6.54 Å². The van der Waals surface area contributed by atoms with E-state index in [2.05, 4.69) is 16.0 Å². The molecule has 0 unspecified atom stereocenters. The highest BCUT2D eigenvalue weighted by Crippen LogP contribution is 2.21. The summed E-state index contributed by atoms with van der Waals surface area (Å²) in [5.74, 6) is -1.79. The third kappa shape index (κ3) is 7.86. The minimum atomic E-state index is -0.993. The van der Waals surface area contributed by atoms with Crippen LogP contribution in [0.3, 0.4) is 0 Å². The Hall–Kier alpha value is -3.27. The number of nitrogens with one attached hydrogen (secondary N) is 3. The first-order valence-electron chi connectivity index (χ1n) is 13.7. The molecule has 10 nitrogen and oxygen atoms in total. The lowest BCUT2D eigenvalue weighted by atomic mass is 10.0. The van der Waals surface area contributed by atoms with E-state index in [9.17, 15) is 29.1 Å². The van der Waals surface area contributed by atoms with Gasteiger partial charge in [0.1, 0.15) is 30.3 Å². The maximum absolute atomic E-state index is 13.6. The Balaban J connectivity index is 1.76. The van der Waals surface area contributed by atoms with E-state index < -0.39 is 42.1 Å². The minimum Gasteiger partial charge on any atom is -0.386 e. The number of carbonyl (C=O) groups excluding carboxylic acids is 5. The summed E-state index contributed by atoms with van der Waals surface area (Å²) in [5, 5.41) is 17.8. The molecule has 0 radical (unpaired) electrons. The van der Waals surface area contributed by atoms with Gasteiger partial charge in [-0.15, -0.1) is 0 Å². The summed E-state index contributed by atoms with van der Waals surface area (Å²) >= 11 is 0. The van der Waals surface area contributed by atoms with Crippen LogP contribution >= 0.6 is 0 Å². The number of aliphatic hydroxyl groups is 1. The molecule has 0 bridgehead atoms. The van der Waals surface area contributed by atoms with Crippen LogP contribution in [0.2, 0.25) is 0 Å². The smallest absolute Gasteiger partial charge is 0.246 e. The zero-order chi connectivity index (χ0) is 27.7. The second-order valence-electron chi connectivity index (χ2n) is 10.2. The van der Waals surface area contributed by atoms with Crippen LogP contribution in [0.1, 0.15) is 70.8 Å². The summed E-state index contributed by atoms with van der Waals surface area (Å²) in [6.07, 6.45) is 3.11. The van der Waals surface area contributed by atoms with Crippen LogP contribution < -0.4 is 16.0 Å². The molecule has 2 fully saturated rings. The van der Waals surface area contributed by atoms with Crippen LogP contribution in [-0.2, 0) is 30.4 Å². The van der Waals surface area contributed by atoms with Gasteiger partial charge in [-0.1, -0.05) is 50.1 Å². The molecule has 10 heteroatoms. The zero-order valence-corrected chi connectivity index (χ0v) is 22.3. The monoisotopic (exact) mass is 528 g/mol. The SMILES string of the molecule is CC[C@@H]1NC(=O)[C@H](CCCCCC(=O)[C@H](C)O)NC(=O)[C@@H]2CCCN2C(=O)[C@H](Cc2ccccc2)NC1=O. The number of carbonyl (C=O) groups is 5. The van der Waals surface area contributed by atoms with Crippen molar-refractivity contribution >= 4 is 29.4 Å². The van der Waals surface area contributed by atoms with Crippen LogP contribution in [0.5, 0.6) is 0 Å². The topological polar surface area (TPSA) is 145 Å². The van der Waals surface area contributed by atoms with Crippen LogP contribution in [0, 0.1) is 0 Å². The summed E-state index contributed by atoms with van der Waals surface area (Å²) in [6.45, 7) is 3.62. The van der Waals surface area contributed by atoms with Gasteiger partial charge in [-0.2, -0.15) is 0 Å². The number of nitrogens with zero attached hydrogens (tertiary/aromatic N) is 1. The largest absolute Gasteiger partial charge is 0.386 e. The van der Waals surface area contributed by atoms with Gasteiger partial charge < -0.3 is 26.0 Å². The highest BCUT2D eigenvalue weighted by molar-refractivity contribution is 5.97. The molecule has 0 saturated carbocycles. The Labute approximate surface area is 223 Å². The van der Waals surface area contributed by atoms with Gasteiger partial charge in [0, 0.05) is 19.4 Å². The highest BCUT2D eigenvalue weighted by atomic mass is 16.3. The Bertz CT molecular complexity index is 998. The van der Waals surface area contributed by atoms with Crippen molar-refractivity contribution in [2.24, 2.45) is 0 Å². The Kier molecular flexibility index (Phi) is 10.8. The summed E-state index contributed by atoms with van der Waals surface area (Å²) in [4.78, 5) is 66.5. The van der Waals surface area contributed by atoms with Crippen molar-refractivity contribution in [3.05, 3.63) is 35.9 Å². The molecule has 2 aliphatic rings. The summed E-state index contributed by atoms with van der Waals surface area (Å²) in [5.41, 5.74) is 0.880. The fourth-order valence-corrected chi connectivity index (χ4v) is 5.02. The number of aliphatic hydroxyl groups excluding tert-OH is 1. The van der Waals surface area contributed by atoms with Gasteiger partial charge in [0.15, 0.2) is 5.78 Å². The number of fused-ring (bicyclic) bond motifs is 1. The molecule has 1 aromatic carbocycles. The summed E-state index contributed by atoms with van der Waals surface area (Å²) in [7, 11) is 0. The Morgan fingerprint density at radius 3 is 2.29 bits per heavy atom. The summed E-state index contributed by atoms with van der Waals surface area (Å²) < 4.78 is 0. The van der Waals surface area contributed by atoms with Crippen molar-refractivity contribution in [2.45, 2.75) is 102 Å². The van der Waals surface area contributed by atoms with E-state index in [4.69, 9.17) is 0 Å². The lowest BCUT2D eigenvalue weighted by molar-refractivity contribution is -0.143. The first-order valence-corrected chi connectivity index (χ1v) is 13.7. The molecule has 5 atom stereocenters. The van der Waals surface area contributed by atoms with E-state index in [0.717, 1.165) is 5.56 Å². The molecule has 4 N–H and O–H groups in total. The molecule has 4 amide bonds. The molecule has 3 rings (SSSR count). The average molecular weight is 529 g/mol. The molecule has 2 saturated heterocycles. The fraction of sp³-hybridized carbons (Fsp3) is 0.607. The van der Waals surface area contributed by atoms with Crippen molar-refractivity contribution in [1.82, 2.24) is 20.9 Å². The van der Waals surface area contributed by atoms with Crippen LogP contribution in [0.15, 0.2) is 30.3 Å². The predicted octanol–water partition coefficient (Wildman–Crippen LogP) is 0.999. The van der Waals surface area contributed by atoms with Crippen LogP contribution in [0.4, 0.5) is 0 Å². The molecule has 0 spiro atoms. The first kappa shape index (κ1) is 29.3. The third-order valence-corrected chi connectivity index (χ3v) is 7.29. The van der Waals surface area contributed by atoms with E-state index in [1.165, 1.54) is 11.8 Å². The van der Waals surface area contributed by atoms with Crippen LogP contribution in [0.25, 0.3) is 0 Å². The van der Waals surface area contributed by atoms with Gasteiger partial charge in [0.25, 0.3) is 0 Å². The molecule has 2 aliphatic heterocycles. The first-order chi connectivity index (χ1) is 18.2. The fourth-order valence-electron chi connectivity index (χ4n) is 5.02. The number of Topliss-reactive ketones (excluding diaryl/α,β-unsaturated/α-hetero) is 1. The predicted molar refractivity (Wildman–Crippen MR) is 141 cm³/mol. The molecule has 38 heavy (non-hydrogen) atoms. The lowest BCUT2D eigenvalue weighted by Crippen LogP contribution is -2.61. The number of hydrogen-bond acceptors (Lipinski definition) is 6. The highest BCUT2D eigenvalue weighted by Gasteiger charge is 2.40. The van der Waals surface area contributed by atoms with Gasteiger partial charge in [-0.25, -0.2) is 0 Å². The molecule has 1 aromatic rings. The van der Waals surface area contributed by atoms with Gasteiger partial charge in [-0.3, -0.25) is 24.0 Å². The molecule has 0 aromatic heterocycles. The van der Waals surface area contributed by atoms with E-state index in [1.54, 1.807) is 6.92 Å². The van der Waals surface area contributed by atoms with E-state index >= 15 is 0 Å². The lowest BCUT2D eigenvalue weighted by Gasteiger charge is -2.32. The number of amides is 4. The Morgan fingerprint density at radius 1 is 0.947 bits per heavy atom. The normalized spacial score (nSPS) is 25.4. The van der Waals surface area contributed by atoms with Crippen molar-refractivity contribution in [3.63, 3.8) is 0 Å². The molecule has 2 heterocycles. The number of rotatable bonds is 10. The Morgan fingerprint density at radius 2 is 1.61 bits per heavy atom. The zero-order valence-electron chi connectivity index (χ0n) is 22.3. The molecule has 208 valence electrons. The second-order valence-corrected chi connectivity index (χ2v) is 10.2. The van der Waals surface area contributed by atoms with Gasteiger partial charge in [0.2, 0.25) is 23.6 Å². The van der Waals surface area contributed by atoms with Gasteiger partial charge in [0.05, 0.1) is 0 Å². The van der Waals surface area contributed by atoms with Gasteiger partial charge >= 0.3 is 0 Å². The number of hydrogen-bond donors (Lipinski definition) is 4. The quantitative estimate of drug-likeness (QED) is 0.334. The average Bonchev–Trinajstić information content (AvgIpc) is 3.39. The maximum atomic E-state index is 13.6. The third-order valence-electron chi connectivity index (χ3n) is 7.29. The number of unbranched alkanes of at least 4 members (excludes halogenated alkanes) is 2. The maximum Gasteiger partial charge on any atom is 0.246 e. The van der Waals surface area contributed by atoms with E-state index in [0.29, 0.717) is 51.5 Å². The molecular weight excluding hydrogens is 488 g/mol. The van der Waals surface area contributed by atoms with Crippen LogP contribution in [-0.4, -0.2) is 76.2 Å². The standard InChI is InChI=1S/C28H40N4O6/c1-3-20-25(35)31-22(17-19-11-6-4-7-12-19)28(38)32-16-10-14-23(32)27(37)30-21(26(36)29-20)13-8-5-9-15-24(34)18(2)33/h4,6-7,11-12,18,20-23,33H,3,5,8-10,13-17H2,1-2H3,(H,29,36)(H,30,37)(H,31,35)/t18-,20-,21-,22-,23-/m0/s1.